The zero-order chi connectivity index (χ0) is 18.2. The van der Waals surface area contributed by atoms with Gasteiger partial charge in [0.25, 0.3) is 5.91 Å². The van der Waals surface area contributed by atoms with Gasteiger partial charge in [-0.1, -0.05) is 18.2 Å². The highest BCUT2D eigenvalue weighted by Gasteiger charge is 2.21. The standard InChI is InChI=1S/C20H25N3O3.ClH/c1-25-18-7-2-3-8-19(18)26-16-20(24)23-14-12-22(13-15-23)11-9-17-6-4-5-10-21-17;/h2-8,10H,9,11-16H2,1H3;1H. The Bertz CT molecular complexity index is 707. The summed E-state index contributed by atoms with van der Waals surface area (Å²) < 4.78 is 10.9. The number of halogens is 1. The van der Waals surface area contributed by atoms with Crippen LogP contribution >= 0.6 is 12.4 Å². The first-order valence-corrected chi connectivity index (χ1v) is 8.92. The van der Waals surface area contributed by atoms with E-state index in [-0.39, 0.29) is 24.9 Å². The van der Waals surface area contributed by atoms with Gasteiger partial charge in [0.1, 0.15) is 0 Å². The molecule has 0 saturated carbocycles. The number of methoxy groups -OCH3 is 1. The van der Waals surface area contributed by atoms with Crippen LogP contribution in [0.25, 0.3) is 0 Å². The second kappa shape index (κ2) is 10.7. The molecule has 7 heteroatoms. The minimum absolute atomic E-state index is 0. The number of benzene rings is 1. The van der Waals surface area contributed by atoms with Crippen LogP contribution in [0.3, 0.4) is 0 Å². The lowest BCUT2D eigenvalue weighted by Gasteiger charge is -2.34. The molecule has 6 nitrogen and oxygen atoms in total. The number of rotatable bonds is 7. The van der Waals surface area contributed by atoms with Crippen molar-refractivity contribution in [1.29, 1.82) is 0 Å². The molecule has 1 aliphatic rings. The number of pyridine rings is 1. The van der Waals surface area contributed by atoms with E-state index in [0.29, 0.717) is 11.5 Å². The van der Waals surface area contributed by atoms with Crippen LogP contribution in [0.2, 0.25) is 0 Å². The number of piperazine rings is 1. The SMILES string of the molecule is COc1ccccc1OCC(=O)N1CCN(CCc2ccccn2)CC1.Cl. The molecular formula is C20H26ClN3O3. The summed E-state index contributed by atoms with van der Waals surface area (Å²) >= 11 is 0. The number of ether oxygens (including phenoxy) is 2. The zero-order valence-corrected chi connectivity index (χ0v) is 16.4. The van der Waals surface area contributed by atoms with E-state index in [9.17, 15) is 4.79 Å². The van der Waals surface area contributed by atoms with Crippen molar-refractivity contribution >= 4 is 18.3 Å². The lowest BCUT2D eigenvalue weighted by Crippen LogP contribution is -2.50. The first-order chi connectivity index (χ1) is 12.8. The van der Waals surface area contributed by atoms with Gasteiger partial charge < -0.3 is 14.4 Å². The first kappa shape index (κ1) is 21.0. The zero-order valence-electron chi connectivity index (χ0n) is 15.5. The van der Waals surface area contributed by atoms with Crippen LogP contribution in [0.4, 0.5) is 0 Å². The smallest absolute Gasteiger partial charge is 0.260 e. The number of nitrogens with zero attached hydrogens (tertiary/aromatic N) is 3. The van der Waals surface area contributed by atoms with Crippen molar-refractivity contribution in [3.05, 3.63) is 54.4 Å². The van der Waals surface area contributed by atoms with Crippen LogP contribution in [0.15, 0.2) is 48.7 Å². The molecular weight excluding hydrogens is 366 g/mol. The molecule has 0 aliphatic carbocycles. The van der Waals surface area contributed by atoms with Gasteiger partial charge in [-0.2, -0.15) is 0 Å². The average molecular weight is 392 g/mol. The number of carbonyl (C=O) groups excluding carboxylic acids is 1. The Kier molecular flexibility index (Phi) is 8.36. The summed E-state index contributed by atoms with van der Waals surface area (Å²) in [6.45, 7) is 4.23. The van der Waals surface area contributed by atoms with Gasteiger partial charge in [0.15, 0.2) is 18.1 Å². The van der Waals surface area contributed by atoms with Crippen LogP contribution in [-0.2, 0) is 11.2 Å². The van der Waals surface area contributed by atoms with E-state index in [1.807, 2.05) is 47.5 Å². The molecule has 1 fully saturated rings. The summed E-state index contributed by atoms with van der Waals surface area (Å²) in [6, 6.07) is 13.4. The molecule has 27 heavy (non-hydrogen) atoms. The van der Waals surface area contributed by atoms with Crippen LogP contribution in [0.5, 0.6) is 11.5 Å². The van der Waals surface area contributed by atoms with Crippen LogP contribution in [0.1, 0.15) is 5.69 Å². The van der Waals surface area contributed by atoms with E-state index in [1.54, 1.807) is 7.11 Å². The predicted molar refractivity (Wildman–Crippen MR) is 107 cm³/mol. The molecule has 0 atom stereocenters. The second-order valence-electron chi connectivity index (χ2n) is 6.23. The molecule has 0 N–H and O–H groups in total. The largest absolute Gasteiger partial charge is 0.493 e. The van der Waals surface area contributed by atoms with E-state index in [0.717, 1.165) is 44.8 Å². The number of aromatic nitrogens is 1. The summed E-state index contributed by atoms with van der Waals surface area (Å²) in [7, 11) is 1.59. The van der Waals surface area contributed by atoms with Gasteiger partial charge in [-0.15, -0.1) is 12.4 Å². The number of para-hydroxylation sites is 2. The van der Waals surface area contributed by atoms with Crippen molar-refractivity contribution in [1.82, 2.24) is 14.8 Å². The molecule has 146 valence electrons. The van der Waals surface area contributed by atoms with Crippen LogP contribution in [-0.4, -0.2) is 67.1 Å². The van der Waals surface area contributed by atoms with E-state index in [4.69, 9.17) is 9.47 Å². The summed E-state index contributed by atoms with van der Waals surface area (Å²) in [6.07, 6.45) is 2.76. The van der Waals surface area contributed by atoms with Gasteiger partial charge in [0.2, 0.25) is 0 Å². The monoisotopic (exact) mass is 391 g/mol. The normalized spacial score (nSPS) is 14.3. The summed E-state index contributed by atoms with van der Waals surface area (Å²) in [4.78, 5) is 21.0. The number of amides is 1. The van der Waals surface area contributed by atoms with E-state index in [1.165, 1.54) is 0 Å². The van der Waals surface area contributed by atoms with Gasteiger partial charge in [0.05, 0.1) is 7.11 Å². The Hall–Kier alpha value is -2.31. The van der Waals surface area contributed by atoms with E-state index >= 15 is 0 Å². The first-order valence-electron chi connectivity index (χ1n) is 8.92. The molecule has 0 unspecified atom stereocenters. The number of hydrogen-bond acceptors (Lipinski definition) is 5. The average Bonchev–Trinajstić information content (AvgIpc) is 2.72. The minimum Gasteiger partial charge on any atom is -0.493 e. The topological polar surface area (TPSA) is 54.9 Å². The van der Waals surface area contributed by atoms with Crippen LogP contribution < -0.4 is 9.47 Å². The van der Waals surface area contributed by atoms with Crippen molar-refractivity contribution in [3.8, 4) is 11.5 Å². The van der Waals surface area contributed by atoms with E-state index in [2.05, 4.69) is 16.0 Å². The highest BCUT2D eigenvalue weighted by atomic mass is 35.5. The number of hydrogen-bond donors (Lipinski definition) is 0. The van der Waals surface area contributed by atoms with Crippen molar-refractivity contribution in [2.75, 3.05) is 46.4 Å². The van der Waals surface area contributed by atoms with Gasteiger partial charge >= 0.3 is 0 Å². The molecule has 2 aromatic rings. The van der Waals surface area contributed by atoms with Gasteiger partial charge in [-0.05, 0) is 24.3 Å². The highest BCUT2D eigenvalue weighted by molar-refractivity contribution is 5.85. The van der Waals surface area contributed by atoms with Crippen molar-refractivity contribution < 1.29 is 14.3 Å². The molecule has 1 aromatic carbocycles. The molecule has 0 bridgehead atoms. The molecule has 2 heterocycles. The Morgan fingerprint density at radius 1 is 1.04 bits per heavy atom. The molecule has 1 amide bonds. The molecule has 1 aromatic heterocycles. The molecule has 0 spiro atoms. The summed E-state index contributed by atoms with van der Waals surface area (Å²) in [5, 5.41) is 0. The number of carbonyl (C=O) groups is 1. The molecule has 0 radical (unpaired) electrons. The molecule has 1 saturated heterocycles. The van der Waals surface area contributed by atoms with Gasteiger partial charge in [-0.3, -0.25) is 14.7 Å². The van der Waals surface area contributed by atoms with Crippen molar-refractivity contribution in [2.24, 2.45) is 0 Å². The van der Waals surface area contributed by atoms with Crippen molar-refractivity contribution in [2.45, 2.75) is 6.42 Å². The van der Waals surface area contributed by atoms with Gasteiger partial charge in [0, 0.05) is 51.0 Å². The Morgan fingerprint density at radius 3 is 2.41 bits per heavy atom. The fourth-order valence-electron chi connectivity index (χ4n) is 3.01. The second-order valence-corrected chi connectivity index (χ2v) is 6.23. The maximum absolute atomic E-state index is 12.4. The maximum atomic E-state index is 12.4. The lowest BCUT2D eigenvalue weighted by molar-refractivity contribution is -0.135. The maximum Gasteiger partial charge on any atom is 0.260 e. The third kappa shape index (κ3) is 6.12. The molecule has 3 rings (SSSR count). The fourth-order valence-corrected chi connectivity index (χ4v) is 3.01. The lowest BCUT2D eigenvalue weighted by atomic mass is 10.2. The predicted octanol–water partition coefficient (Wildman–Crippen LogP) is 2.28. The summed E-state index contributed by atoms with van der Waals surface area (Å²) in [5.74, 6) is 1.25. The van der Waals surface area contributed by atoms with E-state index < -0.39 is 0 Å². The van der Waals surface area contributed by atoms with Crippen LogP contribution in [0, 0.1) is 0 Å². The van der Waals surface area contributed by atoms with Crippen molar-refractivity contribution in [3.63, 3.8) is 0 Å². The Morgan fingerprint density at radius 2 is 1.74 bits per heavy atom. The molecule has 1 aliphatic heterocycles. The highest BCUT2D eigenvalue weighted by Crippen LogP contribution is 2.25. The minimum atomic E-state index is 0. The quantitative estimate of drug-likeness (QED) is 0.724. The third-order valence-corrected chi connectivity index (χ3v) is 4.56. The summed E-state index contributed by atoms with van der Waals surface area (Å²) in [5.41, 5.74) is 1.11. The third-order valence-electron chi connectivity index (χ3n) is 4.56. The van der Waals surface area contributed by atoms with Gasteiger partial charge in [-0.25, -0.2) is 0 Å². The Labute approximate surface area is 166 Å². The Balaban J connectivity index is 0.00000261. The fraction of sp³-hybridized carbons (Fsp3) is 0.400.